The molecule has 0 spiro atoms. The van der Waals surface area contributed by atoms with Crippen LogP contribution >= 0.6 is 0 Å². The Labute approximate surface area is 190 Å². The molecule has 0 atom stereocenters. The molecule has 3 heterocycles. The number of carbonyl (C=O) groups is 1. The average Bonchev–Trinajstić information content (AvgIpc) is 2.84. The van der Waals surface area contributed by atoms with Crippen LogP contribution in [0, 0.1) is 0 Å². The average molecular weight is 461 g/mol. The number of carbonyl (C=O) groups excluding carboxylic acids is 1. The summed E-state index contributed by atoms with van der Waals surface area (Å²) in [5, 5.41) is 3.04. The van der Waals surface area contributed by atoms with Gasteiger partial charge in [0.25, 0.3) is 10.0 Å². The molecule has 4 aromatic rings. The van der Waals surface area contributed by atoms with Crippen molar-refractivity contribution in [1.29, 1.82) is 0 Å². The summed E-state index contributed by atoms with van der Waals surface area (Å²) in [7, 11) is -3.73. The zero-order valence-corrected chi connectivity index (χ0v) is 18.3. The van der Waals surface area contributed by atoms with Gasteiger partial charge in [0.2, 0.25) is 5.91 Å². The lowest BCUT2D eigenvalue weighted by molar-refractivity contribution is -0.118. The monoisotopic (exact) mass is 460 g/mol. The van der Waals surface area contributed by atoms with Crippen LogP contribution in [0.5, 0.6) is 0 Å². The number of anilines is 2. The summed E-state index contributed by atoms with van der Waals surface area (Å²) in [6.07, 6.45) is 4.71. The summed E-state index contributed by atoms with van der Waals surface area (Å²) in [4.78, 5) is 27.3. The molecule has 0 unspecified atom stereocenters. The Kier molecular flexibility index (Phi) is 5.45. The van der Waals surface area contributed by atoms with Gasteiger partial charge in [0.05, 0.1) is 40.6 Å². The molecule has 9 nitrogen and oxygen atoms in total. The number of pyridine rings is 1. The van der Waals surface area contributed by atoms with Crippen molar-refractivity contribution in [3.05, 3.63) is 73.2 Å². The predicted molar refractivity (Wildman–Crippen MR) is 125 cm³/mol. The SMILES string of the molecule is O=C1CNCCN1c1cnc2ccc(-c3cncc(NS(=O)(=O)c4ccccc4)c3)cc2n1. The van der Waals surface area contributed by atoms with Gasteiger partial charge in [0.1, 0.15) is 0 Å². The molecule has 2 N–H and O–H groups in total. The largest absolute Gasteiger partial charge is 0.307 e. The Morgan fingerprint density at radius 1 is 0.939 bits per heavy atom. The number of hydrogen-bond donors (Lipinski definition) is 2. The lowest BCUT2D eigenvalue weighted by atomic mass is 10.1. The number of sulfonamides is 1. The summed E-state index contributed by atoms with van der Waals surface area (Å²) in [6, 6.07) is 15.4. The standard InChI is InChI=1S/C23H20N6O3S/c30-23-15-24-8-9-29(23)22-14-26-20-7-6-16(11-21(20)27-22)17-10-18(13-25-12-17)28-33(31,32)19-4-2-1-3-5-19/h1-7,10-14,24,28H,8-9,15H2. The maximum Gasteiger partial charge on any atom is 0.261 e. The van der Waals surface area contributed by atoms with E-state index in [0.29, 0.717) is 35.6 Å². The van der Waals surface area contributed by atoms with E-state index in [0.717, 1.165) is 11.1 Å². The highest BCUT2D eigenvalue weighted by Gasteiger charge is 2.21. The Balaban J connectivity index is 1.46. The van der Waals surface area contributed by atoms with E-state index in [-0.39, 0.29) is 17.3 Å². The van der Waals surface area contributed by atoms with Gasteiger partial charge in [-0.15, -0.1) is 0 Å². The molecule has 0 bridgehead atoms. The normalized spacial score (nSPS) is 14.4. The van der Waals surface area contributed by atoms with Crippen LogP contribution < -0.4 is 14.9 Å². The fourth-order valence-electron chi connectivity index (χ4n) is 3.63. The Morgan fingerprint density at radius 2 is 1.79 bits per heavy atom. The van der Waals surface area contributed by atoms with E-state index in [1.807, 2.05) is 18.2 Å². The first-order valence-corrected chi connectivity index (χ1v) is 11.8. The first-order valence-electron chi connectivity index (χ1n) is 10.3. The number of nitrogens with zero attached hydrogens (tertiary/aromatic N) is 4. The Hall–Kier alpha value is -3.89. The van der Waals surface area contributed by atoms with Gasteiger partial charge in [-0.25, -0.2) is 13.4 Å². The van der Waals surface area contributed by atoms with Gasteiger partial charge in [-0.1, -0.05) is 24.3 Å². The maximum absolute atomic E-state index is 12.6. The second kappa shape index (κ2) is 8.57. The molecule has 2 aromatic carbocycles. The fourth-order valence-corrected chi connectivity index (χ4v) is 4.68. The topological polar surface area (TPSA) is 117 Å². The van der Waals surface area contributed by atoms with Gasteiger partial charge in [0.15, 0.2) is 5.82 Å². The first kappa shape index (κ1) is 21.0. The van der Waals surface area contributed by atoms with E-state index >= 15 is 0 Å². The molecule has 1 saturated heterocycles. The van der Waals surface area contributed by atoms with Gasteiger partial charge in [-0.3, -0.25) is 24.4 Å². The third-order valence-corrected chi connectivity index (χ3v) is 6.67. The summed E-state index contributed by atoms with van der Waals surface area (Å²) < 4.78 is 27.9. The number of nitrogens with one attached hydrogen (secondary N) is 2. The van der Waals surface area contributed by atoms with Crippen molar-refractivity contribution < 1.29 is 13.2 Å². The van der Waals surface area contributed by atoms with Crippen molar-refractivity contribution in [3.63, 3.8) is 0 Å². The van der Waals surface area contributed by atoms with Gasteiger partial charge < -0.3 is 5.32 Å². The van der Waals surface area contributed by atoms with Crippen molar-refractivity contribution in [2.45, 2.75) is 4.90 Å². The molecule has 2 aromatic heterocycles. The third kappa shape index (κ3) is 4.38. The molecule has 1 aliphatic heterocycles. The molecule has 0 aliphatic carbocycles. The van der Waals surface area contributed by atoms with Crippen LogP contribution in [0.3, 0.4) is 0 Å². The highest BCUT2D eigenvalue weighted by Crippen LogP contribution is 2.26. The second-order valence-corrected chi connectivity index (χ2v) is 9.22. The van der Waals surface area contributed by atoms with Crippen LogP contribution in [-0.2, 0) is 14.8 Å². The van der Waals surface area contributed by atoms with Crippen LogP contribution in [0.25, 0.3) is 22.2 Å². The summed E-state index contributed by atoms with van der Waals surface area (Å²) >= 11 is 0. The third-order valence-electron chi connectivity index (χ3n) is 5.27. The molecular formula is C23H20N6O3S. The maximum atomic E-state index is 12.6. The van der Waals surface area contributed by atoms with Gasteiger partial charge in [0, 0.05) is 24.8 Å². The fraction of sp³-hybridized carbons (Fsp3) is 0.130. The Morgan fingerprint density at radius 3 is 2.61 bits per heavy atom. The molecule has 10 heteroatoms. The summed E-state index contributed by atoms with van der Waals surface area (Å²) in [5.74, 6) is 0.460. The van der Waals surface area contributed by atoms with Crippen LogP contribution in [-0.4, -0.2) is 48.9 Å². The van der Waals surface area contributed by atoms with Crippen molar-refractivity contribution >= 4 is 38.5 Å². The van der Waals surface area contributed by atoms with Crippen LogP contribution in [0.2, 0.25) is 0 Å². The number of amides is 1. The minimum Gasteiger partial charge on any atom is -0.307 e. The van der Waals surface area contributed by atoms with Crippen LogP contribution in [0.1, 0.15) is 0 Å². The van der Waals surface area contributed by atoms with E-state index in [2.05, 4.69) is 25.0 Å². The number of piperazine rings is 1. The predicted octanol–water partition coefficient (Wildman–Crippen LogP) is 2.43. The van der Waals surface area contributed by atoms with Crippen molar-refractivity contribution in [3.8, 4) is 11.1 Å². The van der Waals surface area contributed by atoms with Crippen molar-refractivity contribution in [1.82, 2.24) is 20.3 Å². The molecule has 33 heavy (non-hydrogen) atoms. The van der Waals surface area contributed by atoms with E-state index in [4.69, 9.17) is 0 Å². The zero-order valence-electron chi connectivity index (χ0n) is 17.5. The smallest absolute Gasteiger partial charge is 0.261 e. The number of hydrogen-bond acceptors (Lipinski definition) is 7. The molecule has 0 radical (unpaired) electrons. The molecule has 0 saturated carbocycles. The van der Waals surface area contributed by atoms with Crippen molar-refractivity contribution in [2.24, 2.45) is 0 Å². The molecule has 1 amide bonds. The molecule has 1 fully saturated rings. The van der Waals surface area contributed by atoms with Gasteiger partial charge in [-0.05, 0) is 35.9 Å². The number of benzene rings is 2. The first-order chi connectivity index (χ1) is 16.0. The van der Waals surface area contributed by atoms with E-state index in [1.54, 1.807) is 41.6 Å². The van der Waals surface area contributed by atoms with Crippen LogP contribution in [0.15, 0.2) is 78.1 Å². The number of rotatable bonds is 5. The minimum absolute atomic E-state index is 0.0475. The lowest BCUT2D eigenvalue weighted by Gasteiger charge is -2.26. The second-order valence-electron chi connectivity index (χ2n) is 7.53. The highest BCUT2D eigenvalue weighted by atomic mass is 32.2. The highest BCUT2D eigenvalue weighted by molar-refractivity contribution is 7.92. The van der Waals surface area contributed by atoms with Crippen LogP contribution in [0.4, 0.5) is 11.5 Å². The zero-order chi connectivity index (χ0) is 22.8. The van der Waals surface area contributed by atoms with Gasteiger partial charge >= 0.3 is 0 Å². The number of fused-ring (bicyclic) bond motifs is 1. The number of aromatic nitrogens is 3. The molecular weight excluding hydrogens is 440 g/mol. The molecule has 166 valence electrons. The minimum atomic E-state index is -3.73. The quantitative estimate of drug-likeness (QED) is 0.470. The van der Waals surface area contributed by atoms with E-state index in [9.17, 15) is 13.2 Å². The van der Waals surface area contributed by atoms with E-state index < -0.39 is 10.0 Å². The van der Waals surface area contributed by atoms with Crippen molar-refractivity contribution in [2.75, 3.05) is 29.3 Å². The summed E-state index contributed by atoms with van der Waals surface area (Å²) in [5.41, 5.74) is 3.19. The Bertz CT molecular complexity index is 1440. The molecule has 5 rings (SSSR count). The van der Waals surface area contributed by atoms with Gasteiger partial charge in [-0.2, -0.15) is 0 Å². The summed E-state index contributed by atoms with van der Waals surface area (Å²) in [6.45, 7) is 1.51. The molecule has 1 aliphatic rings. The lowest BCUT2D eigenvalue weighted by Crippen LogP contribution is -2.48. The van der Waals surface area contributed by atoms with E-state index in [1.165, 1.54) is 18.3 Å².